The highest BCUT2D eigenvalue weighted by Crippen LogP contribution is 2.26. The van der Waals surface area contributed by atoms with Gasteiger partial charge in [-0.15, -0.1) is 0 Å². The van der Waals surface area contributed by atoms with E-state index in [1.165, 1.54) is 6.07 Å². The largest absolute Gasteiger partial charge is 0.433 e. The van der Waals surface area contributed by atoms with Gasteiger partial charge in [0.15, 0.2) is 0 Å². The summed E-state index contributed by atoms with van der Waals surface area (Å²) in [6.07, 6.45) is 3.07. The number of para-hydroxylation sites is 2. The van der Waals surface area contributed by atoms with Crippen molar-refractivity contribution in [2.24, 2.45) is 0 Å². The van der Waals surface area contributed by atoms with Gasteiger partial charge in [0.05, 0.1) is 5.69 Å². The summed E-state index contributed by atoms with van der Waals surface area (Å²) >= 11 is 0. The Kier molecular flexibility index (Phi) is 4.54. The number of carbonyl (C=O) groups excluding carboxylic acids is 1. The van der Waals surface area contributed by atoms with Gasteiger partial charge in [-0.1, -0.05) is 12.1 Å². The Labute approximate surface area is 110 Å². The molecule has 1 aromatic carbocycles. The van der Waals surface area contributed by atoms with Gasteiger partial charge < -0.3 is 15.0 Å². The van der Waals surface area contributed by atoms with Crippen molar-refractivity contribution < 1.29 is 18.3 Å². The Hall–Kier alpha value is -1.85. The van der Waals surface area contributed by atoms with Crippen molar-refractivity contribution >= 4 is 11.7 Å². The van der Waals surface area contributed by atoms with E-state index in [9.17, 15) is 13.6 Å². The third-order valence-corrected chi connectivity index (χ3v) is 2.99. The SMILES string of the molecule is O=C(Nc1ccccc1OC(F)F)N1CCCCC1. The minimum atomic E-state index is -2.91. The van der Waals surface area contributed by atoms with Crippen LogP contribution in [0.15, 0.2) is 24.3 Å². The molecule has 1 heterocycles. The number of carbonyl (C=O) groups is 1. The van der Waals surface area contributed by atoms with Gasteiger partial charge in [0.25, 0.3) is 0 Å². The molecule has 0 unspecified atom stereocenters. The molecule has 1 aliphatic heterocycles. The number of nitrogens with one attached hydrogen (secondary N) is 1. The zero-order valence-electron chi connectivity index (χ0n) is 10.4. The lowest BCUT2D eigenvalue weighted by Gasteiger charge is -2.27. The molecule has 2 amide bonds. The number of amides is 2. The van der Waals surface area contributed by atoms with E-state index < -0.39 is 6.61 Å². The van der Waals surface area contributed by atoms with E-state index in [-0.39, 0.29) is 17.5 Å². The Bertz CT molecular complexity index is 434. The molecule has 6 heteroatoms. The molecule has 19 heavy (non-hydrogen) atoms. The molecule has 0 atom stereocenters. The highest BCUT2D eigenvalue weighted by Gasteiger charge is 2.18. The maximum atomic E-state index is 12.2. The molecule has 1 N–H and O–H groups in total. The first-order valence-corrected chi connectivity index (χ1v) is 6.26. The van der Waals surface area contributed by atoms with Crippen LogP contribution in [0, 0.1) is 0 Å². The molecule has 1 fully saturated rings. The van der Waals surface area contributed by atoms with Crippen molar-refractivity contribution in [3.63, 3.8) is 0 Å². The van der Waals surface area contributed by atoms with Crippen LogP contribution >= 0.6 is 0 Å². The Morgan fingerprint density at radius 2 is 1.89 bits per heavy atom. The number of urea groups is 1. The average molecular weight is 270 g/mol. The average Bonchev–Trinajstić information content (AvgIpc) is 2.41. The predicted molar refractivity (Wildman–Crippen MR) is 67.5 cm³/mol. The van der Waals surface area contributed by atoms with Crippen molar-refractivity contribution in [2.75, 3.05) is 18.4 Å². The van der Waals surface area contributed by atoms with Crippen LogP contribution < -0.4 is 10.1 Å². The molecule has 104 valence electrons. The first-order valence-electron chi connectivity index (χ1n) is 6.26. The summed E-state index contributed by atoms with van der Waals surface area (Å²) in [5, 5.41) is 2.61. The number of hydrogen-bond donors (Lipinski definition) is 1. The summed E-state index contributed by atoms with van der Waals surface area (Å²) in [4.78, 5) is 13.7. The zero-order valence-corrected chi connectivity index (χ0v) is 10.4. The second-order valence-corrected chi connectivity index (χ2v) is 4.35. The maximum Gasteiger partial charge on any atom is 0.387 e. The van der Waals surface area contributed by atoms with Gasteiger partial charge in [0, 0.05) is 13.1 Å². The number of nitrogens with zero attached hydrogens (tertiary/aromatic N) is 1. The van der Waals surface area contributed by atoms with Gasteiger partial charge >= 0.3 is 12.6 Å². The maximum absolute atomic E-state index is 12.2. The van der Waals surface area contributed by atoms with Crippen molar-refractivity contribution in [3.8, 4) is 5.75 Å². The van der Waals surface area contributed by atoms with Crippen LogP contribution in [0.1, 0.15) is 19.3 Å². The number of alkyl halides is 2. The fraction of sp³-hybridized carbons (Fsp3) is 0.462. The number of ether oxygens (including phenoxy) is 1. The van der Waals surface area contributed by atoms with Crippen molar-refractivity contribution in [1.29, 1.82) is 0 Å². The second-order valence-electron chi connectivity index (χ2n) is 4.35. The Balaban J connectivity index is 2.03. The summed E-state index contributed by atoms with van der Waals surface area (Å²) in [6.45, 7) is -1.51. The fourth-order valence-electron chi connectivity index (χ4n) is 2.06. The van der Waals surface area contributed by atoms with E-state index in [1.54, 1.807) is 23.1 Å². The quantitative estimate of drug-likeness (QED) is 0.915. The first-order chi connectivity index (χ1) is 9.16. The topological polar surface area (TPSA) is 41.6 Å². The highest BCUT2D eigenvalue weighted by molar-refractivity contribution is 5.91. The zero-order chi connectivity index (χ0) is 13.7. The van der Waals surface area contributed by atoms with Crippen molar-refractivity contribution in [1.82, 2.24) is 4.90 Å². The van der Waals surface area contributed by atoms with Gasteiger partial charge in [-0.05, 0) is 31.4 Å². The molecule has 0 radical (unpaired) electrons. The van der Waals surface area contributed by atoms with E-state index in [2.05, 4.69) is 10.1 Å². The van der Waals surface area contributed by atoms with Crippen LogP contribution in [0.4, 0.5) is 19.3 Å². The minimum Gasteiger partial charge on any atom is -0.433 e. The molecule has 2 rings (SSSR count). The smallest absolute Gasteiger partial charge is 0.387 e. The molecule has 1 saturated heterocycles. The summed E-state index contributed by atoms with van der Waals surface area (Å²) in [5.74, 6) is -0.0251. The molecule has 0 aromatic heterocycles. The van der Waals surface area contributed by atoms with E-state index in [4.69, 9.17) is 0 Å². The van der Waals surface area contributed by atoms with Crippen LogP contribution in [0.2, 0.25) is 0 Å². The lowest BCUT2D eigenvalue weighted by atomic mass is 10.1. The van der Waals surface area contributed by atoms with Gasteiger partial charge in [0.2, 0.25) is 0 Å². The fourth-order valence-corrected chi connectivity index (χ4v) is 2.06. The normalized spacial score (nSPS) is 15.4. The van der Waals surface area contributed by atoms with E-state index in [0.29, 0.717) is 13.1 Å². The molecule has 0 saturated carbocycles. The molecule has 0 bridgehead atoms. The summed E-state index contributed by atoms with van der Waals surface area (Å²) in [7, 11) is 0. The lowest BCUT2D eigenvalue weighted by molar-refractivity contribution is -0.0493. The number of hydrogen-bond acceptors (Lipinski definition) is 2. The van der Waals surface area contributed by atoms with E-state index in [0.717, 1.165) is 19.3 Å². The van der Waals surface area contributed by atoms with Crippen molar-refractivity contribution in [2.45, 2.75) is 25.9 Å². The van der Waals surface area contributed by atoms with Crippen LogP contribution in [0.25, 0.3) is 0 Å². The molecular formula is C13H16F2N2O2. The third kappa shape index (κ3) is 3.81. The summed E-state index contributed by atoms with van der Waals surface area (Å²) in [6, 6.07) is 5.90. The minimum absolute atomic E-state index is 0.0251. The predicted octanol–water partition coefficient (Wildman–Crippen LogP) is 3.31. The Morgan fingerprint density at radius 1 is 1.21 bits per heavy atom. The number of anilines is 1. The number of halogens is 2. The van der Waals surface area contributed by atoms with Gasteiger partial charge in [0.1, 0.15) is 5.75 Å². The number of benzene rings is 1. The van der Waals surface area contributed by atoms with E-state index in [1.807, 2.05) is 0 Å². The number of likely N-dealkylation sites (tertiary alicyclic amines) is 1. The second kappa shape index (κ2) is 6.36. The molecule has 1 aromatic rings. The Morgan fingerprint density at radius 3 is 2.58 bits per heavy atom. The third-order valence-electron chi connectivity index (χ3n) is 2.99. The highest BCUT2D eigenvalue weighted by atomic mass is 19.3. The van der Waals surface area contributed by atoms with Gasteiger partial charge in [-0.2, -0.15) is 8.78 Å². The summed E-state index contributed by atoms with van der Waals surface area (Å²) in [5.41, 5.74) is 0.262. The monoisotopic (exact) mass is 270 g/mol. The van der Waals surface area contributed by atoms with Gasteiger partial charge in [-0.25, -0.2) is 4.79 Å². The van der Waals surface area contributed by atoms with Gasteiger partial charge in [-0.3, -0.25) is 0 Å². The molecule has 0 aliphatic carbocycles. The molecular weight excluding hydrogens is 254 g/mol. The molecule has 0 spiro atoms. The number of piperidine rings is 1. The standard InChI is InChI=1S/C13H16F2N2O2/c14-12(15)19-11-7-3-2-6-10(11)16-13(18)17-8-4-1-5-9-17/h2-3,6-7,12H,1,4-5,8-9H2,(H,16,18). The summed E-state index contributed by atoms with van der Waals surface area (Å²) < 4.78 is 28.9. The first kappa shape index (κ1) is 13.6. The molecule has 4 nitrogen and oxygen atoms in total. The van der Waals surface area contributed by atoms with Crippen LogP contribution in [-0.2, 0) is 0 Å². The van der Waals surface area contributed by atoms with Crippen LogP contribution in [0.5, 0.6) is 5.75 Å². The van der Waals surface area contributed by atoms with Crippen LogP contribution in [-0.4, -0.2) is 30.6 Å². The van der Waals surface area contributed by atoms with Crippen molar-refractivity contribution in [3.05, 3.63) is 24.3 Å². The number of rotatable bonds is 3. The lowest BCUT2D eigenvalue weighted by Crippen LogP contribution is -2.38. The molecule has 1 aliphatic rings. The van der Waals surface area contributed by atoms with Crippen LogP contribution in [0.3, 0.4) is 0 Å². The van der Waals surface area contributed by atoms with E-state index >= 15 is 0 Å².